The number of aryl methyl sites for hydroxylation is 1. The van der Waals surface area contributed by atoms with Crippen molar-refractivity contribution in [3.8, 4) is 5.75 Å². The van der Waals surface area contributed by atoms with Gasteiger partial charge in [0, 0.05) is 23.5 Å². The number of phenols is 1. The average molecular weight is 231 g/mol. The number of hydrogen-bond acceptors (Lipinski definition) is 4. The molecule has 0 unspecified atom stereocenters. The smallest absolute Gasteiger partial charge is 0.252 e. The summed E-state index contributed by atoms with van der Waals surface area (Å²) in [5, 5.41) is 12.2. The molecule has 0 saturated carbocycles. The van der Waals surface area contributed by atoms with Crippen molar-refractivity contribution in [1.82, 2.24) is 9.97 Å². The number of nitrogens with zero attached hydrogens (tertiary/aromatic N) is 1. The lowest BCUT2D eigenvalue weighted by atomic mass is 10.3. The van der Waals surface area contributed by atoms with Crippen molar-refractivity contribution < 1.29 is 5.11 Å². The van der Waals surface area contributed by atoms with Gasteiger partial charge in [0.2, 0.25) is 5.95 Å². The molecule has 88 valence electrons. The van der Waals surface area contributed by atoms with Crippen LogP contribution in [0.25, 0.3) is 0 Å². The number of anilines is 2. The minimum atomic E-state index is -0.195. The maximum Gasteiger partial charge on any atom is 0.252 e. The quantitative estimate of drug-likeness (QED) is 0.752. The number of nitrogens with one attached hydrogen (secondary N) is 2. The van der Waals surface area contributed by atoms with Crippen molar-refractivity contribution in [3.05, 3.63) is 46.4 Å². The van der Waals surface area contributed by atoms with Gasteiger partial charge in [-0.15, -0.1) is 0 Å². The predicted octanol–water partition coefficient (Wildman–Crippen LogP) is 1.78. The van der Waals surface area contributed by atoms with Gasteiger partial charge in [-0.25, -0.2) is 4.98 Å². The second kappa shape index (κ2) is 4.69. The Morgan fingerprint density at radius 3 is 2.94 bits per heavy atom. The van der Waals surface area contributed by atoms with Gasteiger partial charge in [-0.05, 0) is 18.6 Å². The summed E-state index contributed by atoms with van der Waals surface area (Å²) < 4.78 is 0. The lowest BCUT2D eigenvalue weighted by Crippen LogP contribution is -2.11. The highest BCUT2D eigenvalue weighted by molar-refractivity contribution is 5.55. The van der Waals surface area contributed by atoms with Crippen molar-refractivity contribution in [2.45, 2.75) is 13.3 Å². The van der Waals surface area contributed by atoms with E-state index in [0.29, 0.717) is 18.1 Å². The Bertz CT molecular complexity index is 578. The number of aromatic nitrogens is 2. The number of aromatic amines is 1. The Hall–Kier alpha value is -2.30. The lowest BCUT2D eigenvalue weighted by Gasteiger charge is -2.06. The van der Waals surface area contributed by atoms with Crippen molar-refractivity contribution in [1.29, 1.82) is 0 Å². The summed E-state index contributed by atoms with van der Waals surface area (Å²) in [6.07, 6.45) is 0.693. The summed E-state index contributed by atoms with van der Waals surface area (Å²) in [5.41, 5.74) is 1.19. The molecular formula is C12H13N3O2. The predicted molar refractivity (Wildman–Crippen MR) is 65.6 cm³/mol. The molecule has 1 aromatic heterocycles. The Kier molecular flexibility index (Phi) is 3.09. The first-order valence-electron chi connectivity index (χ1n) is 5.33. The van der Waals surface area contributed by atoms with Gasteiger partial charge in [-0.3, -0.25) is 9.78 Å². The van der Waals surface area contributed by atoms with Crippen molar-refractivity contribution >= 4 is 11.6 Å². The van der Waals surface area contributed by atoms with Crippen molar-refractivity contribution in [3.63, 3.8) is 0 Å². The molecule has 0 aliphatic carbocycles. The first-order chi connectivity index (χ1) is 8.17. The van der Waals surface area contributed by atoms with Crippen LogP contribution >= 0.6 is 0 Å². The number of H-pyrrole nitrogens is 1. The van der Waals surface area contributed by atoms with E-state index in [4.69, 9.17) is 0 Å². The third-order valence-electron chi connectivity index (χ3n) is 2.27. The largest absolute Gasteiger partial charge is 0.508 e. The molecule has 2 aromatic rings. The third kappa shape index (κ3) is 2.84. The van der Waals surface area contributed by atoms with E-state index in [0.717, 1.165) is 5.69 Å². The maximum absolute atomic E-state index is 11.3. The van der Waals surface area contributed by atoms with Crippen LogP contribution in [0.3, 0.4) is 0 Å². The second-order valence-corrected chi connectivity index (χ2v) is 3.61. The Morgan fingerprint density at radius 2 is 2.24 bits per heavy atom. The zero-order chi connectivity index (χ0) is 12.3. The minimum absolute atomic E-state index is 0.156. The van der Waals surface area contributed by atoms with Gasteiger partial charge in [0.25, 0.3) is 5.56 Å². The number of rotatable bonds is 3. The zero-order valence-corrected chi connectivity index (χ0v) is 9.40. The summed E-state index contributed by atoms with van der Waals surface area (Å²) in [7, 11) is 0. The van der Waals surface area contributed by atoms with Crippen LogP contribution in [0.1, 0.15) is 12.6 Å². The van der Waals surface area contributed by atoms with Gasteiger partial charge in [-0.1, -0.05) is 13.0 Å². The van der Waals surface area contributed by atoms with Gasteiger partial charge >= 0.3 is 0 Å². The normalized spacial score (nSPS) is 10.2. The highest BCUT2D eigenvalue weighted by Crippen LogP contribution is 2.17. The number of phenolic OH excluding ortho intramolecular Hbond substituents is 1. The van der Waals surface area contributed by atoms with E-state index in [9.17, 15) is 9.90 Å². The Labute approximate surface area is 98.2 Å². The monoisotopic (exact) mass is 231 g/mol. The second-order valence-electron chi connectivity index (χ2n) is 3.61. The fourth-order valence-electron chi connectivity index (χ4n) is 1.47. The molecule has 17 heavy (non-hydrogen) atoms. The summed E-state index contributed by atoms with van der Waals surface area (Å²) in [6, 6.07) is 8.08. The van der Waals surface area contributed by atoms with Gasteiger partial charge in [0.1, 0.15) is 5.75 Å². The van der Waals surface area contributed by atoms with Crippen molar-refractivity contribution in [2.24, 2.45) is 0 Å². The van der Waals surface area contributed by atoms with Crippen LogP contribution in [0.2, 0.25) is 0 Å². The molecular weight excluding hydrogens is 218 g/mol. The molecule has 0 aliphatic rings. The number of aromatic hydroxyl groups is 1. The zero-order valence-electron chi connectivity index (χ0n) is 9.40. The first kappa shape index (κ1) is 11.2. The van der Waals surface area contributed by atoms with Crippen LogP contribution in [-0.2, 0) is 6.42 Å². The highest BCUT2D eigenvalue weighted by atomic mass is 16.3. The van der Waals surface area contributed by atoms with Crippen LogP contribution in [-0.4, -0.2) is 15.1 Å². The van der Waals surface area contributed by atoms with Gasteiger partial charge in [-0.2, -0.15) is 0 Å². The van der Waals surface area contributed by atoms with E-state index < -0.39 is 0 Å². The Morgan fingerprint density at radius 1 is 1.41 bits per heavy atom. The summed E-state index contributed by atoms with van der Waals surface area (Å²) in [5.74, 6) is 0.531. The van der Waals surface area contributed by atoms with E-state index in [2.05, 4.69) is 15.3 Å². The van der Waals surface area contributed by atoms with Crippen LogP contribution in [0.4, 0.5) is 11.6 Å². The Balaban J connectivity index is 2.29. The van der Waals surface area contributed by atoms with Gasteiger partial charge in [0.15, 0.2) is 0 Å². The fraction of sp³-hybridized carbons (Fsp3) is 0.167. The van der Waals surface area contributed by atoms with Crippen LogP contribution in [0.15, 0.2) is 35.1 Å². The van der Waals surface area contributed by atoms with Gasteiger partial charge in [0.05, 0.1) is 0 Å². The highest BCUT2D eigenvalue weighted by Gasteiger charge is 2.01. The SMILES string of the molecule is CCc1cc(=O)[nH]c(Nc2cccc(O)c2)n1. The molecule has 0 aliphatic heterocycles. The molecule has 5 heteroatoms. The minimum Gasteiger partial charge on any atom is -0.508 e. The molecule has 0 fully saturated rings. The molecule has 1 heterocycles. The molecule has 0 amide bonds. The van der Waals surface area contributed by atoms with E-state index in [-0.39, 0.29) is 11.3 Å². The molecule has 3 N–H and O–H groups in total. The van der Waals surface area contributed by atoms with E-state index in [1.807, 2.05) is 6.92 Å². The number of benzene rings is 1. The molecule has 0 atom stereocenters. The third-order valence-corrected chi connectivity index (χ3v) is 2.27. The van der Waals surface area contributed by atoms with Crippen molar-refractivity contribution in [2.75, 3.05) is 5.32 Å². The van der Waals surface area contributed by atoms with Crippen LogP contribution < -0.4 is 10.9 Å². The standard InChI is InChI=1S/C12H13N3O2/c1-2-8-7-11(17)15-12(13-8)14-9-4-3-5-10(16)6-9/h3-7,16H,2H2,1H3,(H2,13,14,15,17). The van der Waals surface area contributed by atoms with E-state index in [1.165, 1.54) is 6.07 Å². The first-order valence-corrected chi connectivity index (χ1v) is 5.33. The lowest BCUT2D eigenvalue weighted by molar-refractivity contribution is 0.475. The summed E-state index contributed by atoms with van der Waals surface area (Å²) >= 11 is 0. The molecule has 0 radical (unpaired) electrons. The molecule has 5 nitrogen and oxygen atoms in total. The molecule has 0 saturated heterocycles. The van der Waals surface area contributed by atoms with Gasteiger partial charge < -0.3 is 10.4 Å². The summed E-state index contributed by atoms with van der Waals surface area (Å²) in [6.45, 7) is 1.93. The maximum atomic E-state index is 11.3. The van der Waals surface area contributed by atoms with E-state index in [1.54, 1.807) is 24.3 Å². The molecule has 0 spiro atoms. The average Bonchev–Trinajstić information content (AvgIpc) is 2.28. The summed E-state index contributed by atoms with van der Waals surface area (Å²) in [4.78, 5) is 18.2. The van der Waals surface area contributed by atoms with Crippen LogP contribution in [0.5, 0.6) is 5.75 Å². The fourth-order valence-corrected chi connectivity index (χ4v) is 1.47. The molecule has 1 aromatic carbocycles. The molecule has 0 bridgehead atoms. The molecule has 2 rings (SSSR count). The number of hydrogen-bond donors (Lipinski definition) is 3. The van der Waals surface area contributed by atoms with E-state index >= 15 is 0 Å². The topological polar surface area (TPSA) is 78.0 Å². The van der Waals surface area contributed by atoms with Crippen LogP contribution in [0, 0.1) is 0 Å².